The van der Waals surface area contributed by atoms with Gasteiger partial charge in [0.15, 0.2) is 0 Å². The van der Waals surface area contributed by atoms with E-state index in [1.165, 1.54) is 25.3 Å². The lowest BCUT2D eigenvalue weighted by Gasteiger charge is -2.12. The SMILES string of the molecule is COC(=O)c1ccc(C(=O)OC)c(NC(=O)CCNS(=O)(=O)c2ccc(F)cc2)c1. The van der Waals surface area contributed by atoms with Crippen LogP contribution in [0.4, 0.5) is 10.1 Å². The Morgan fingerprint density at radius 3 is 2.20 bits per heavy atom. The zero-order valence-electron chi connectivity index (χ0n) is 16.1. The summed E-state index contributed by atoms with van der Waals surface area (Å²) in [5, 5.41) is 2.45. The molecule has 0 radical (unpaired) electrons. The van der Waals surface area contributed by atoms with E-state index in [-0.39, 0.29) is 34.7 Å². The number of halogens is 1. The number of ether oxygens (including phenoxy) is 2. The van der Waals surface area contributed by atoms with Gasteiger partial charge in [-0.3, -0.25) is 4.79 Å². The fraction of sp³-hybridized carbons (Fsp3) is 0.211. The van der Waals surface area contributed by atoms with Crippen LogP contribution in [-0.2, 0) is 24.3 Å². The minimum Gasteiger partial charge on any atom is -0.465 e. The highest BCUT2D eigenvalue weighted by Crippen LogP contribution is 2.20. The number of sulfonamides is 1. The second-order valence-corrected chi connectivity index (χ2v) is 7.66. The van der Waals surface area contributed by atoms with Crippen LogP contribution < -0.4 is 10.0 Å². The van der Waals surface area contributed by atoms with E-state index in [4.69, 9.17) is 0 Å². The van der Waals surface area contributed by atoms with Crippen LogP contribution in [0.15, 0.2) is 47.4 Å². The summed E-state index contributed by atoms with van der Waals surface area (Å²) in [5.41, 5.74) is 0.110. The first-order valence-electron chi connectivity index (χ1n) is 8.53. The molecule has 0 atom stereocenters. The summed E-state index contributed by atoms with van der Waals surface area (Å²) in [7, 11) is -1.58. The van der Waals surface area contributed by atoms with Crippen LogP contribution in [-0.4, -0.2) is 47.0 Å². The monoisotopic (exact) mass is 438 g/mol. The molecular weight excluding hydrogens is 419 g/mol. The maximum absolute atomic E-state index is 12.9. The zero-order chi connectivity index (χ0) is 22.3. The number of amides is 1. The molecule has 0 bridgehead atoms. The Morgan fingerprint density at radius 1 is 0.967 bits per heavy atom. The van der Waals surface area contributed by atoms with E-state index in [1.807, 2.05) is 0 Å². The molecule has 0 aromatic heterocycles. The second kappa shape index (κ2) is 9.94. The van der Waals surface area contributed by atoms with Gasteiger partial charge < -0.3 is 14.8 Å². The van der Waals surface area contributed by atoms with Crippen LogP contribution in [0.25, 0.3) is 0 Å². The van der Waals surface area contributed by atoms with Crippen molar-refractivity contribution in [1.29, 1.82) is 0 Å². The summed E-state index contributed by atoms with van der Waals surface area (Å²) in [5.74, 6) is -2.61. The van der Waals surface area contributed by atoms with E-state index in [0.717, 1.165) is 31.4 Å². The lowest BCUT2D eigenvalue weighted by Crippen LogP contribution is -2.28. The first-order chi connectivity index (χ1) is 14.2. The summed E-state index contributed by atoms with van der Waals surface area (Å²) >= 11 is 0. The van der Waals surface area contributed by atoms with E-state index in [9.17, 15) is 27.2 Å². The molecule has 0 unspecified atom stereocenters. The molecule has 11 heteroatoms. The Kier molecular flexibility index (Phi) is 7.61. The Balaban J connectivity index is 2.07. The number of esters is 2. The number of carbonyl (C=O) groups excluding carboxylic acids is 3. The van der Waals surface area contributed by atoms with Crippen LogP contribution in [0, 0.1) is 5.82 Å². The number of anilines is 1. The average molecular weight is 438 g/mol. The predicted molar refractivity (Wildman–Crippen MR) is 104 cm³/mol. The Hall–Kier alpha value is -3.31. The van der Waals surface area contributed by atoms with Crippen molar-refractivity contribution in [2.75, 3.05) is 26.1 Å². The summed E-state index contributed by atoms with van der Waals surface area (Å²) in [6, 6.07) is 8.08. The van der Waals surface area contributed by atoms with Crippen molar-refractivity contribution in [2.45, 2.75) is 11.3 Å². The minimum atomic E-state index is -3.92. The molecule has 2 aromatic carbocycles. The largest absolute Gasteiger partial charge is 0.465 e. The van der Waals surface area contributed by atoms with E-state index in [2.05, 4.69) is 19.5 Å². The number of methoxy groups -OCH3 is 2. The van der Waals surface area contributed by atoms with Gasteiger partial charge in [-0.15, -0.1) is 0 Å². The average Bonchev–Trinajstić information content (AvgIpc) is 2.72. The molecule has 0 aliphatic carbocycles. The molecule has 0 aliphatic heterocycles. The molecule has 0 fully saturated rings. The topological polar surface area (TPSA) is 128 Å². The molecule has 0 saturated carbocycles. The van der Waals surface area contributed by atoms with Crippen LogP contribution >= 0.6 is 0 Å². The van der Waals surface area contributed by atoms with Gasteiger partial charge in [0.25, 0.3) is 0 Å². The molecule has 9 nitrogen and oxygen atoms in total. The zero-order valence-corrected chi connectivity index (χ0v) is 16.9. The molecular formula is C19H19FN2O7S. The highest BCUT2D eigenvalue weighted by molar-refractivity contribution is 7.89. The summed E-state index contributed by atoms with van der Waals surface area (Å²) in [6.07, 6.45) is -0.274. The quantitative estimate of drug-likeness (QED) is 0.601. The van der Waals surface area contributed by atoms with Crippen LogP contribution in [0.1, 0.15) is 27.1 Å². The van der Waals surface area contributed by atoms with E-state index in [1.54, 1.807) is 0 Å². The van der Waals surface area contributed by atoms with E-state index in [0.29, 0.717) is 0 Å². The number of benzene rings is 2. The highest BCUT2D eigenvalue weighted by Gasteiger charge is 2.18. The first kappa shape index (κ1) is 23.0. The van der Waals surface area contributed by atoms with E-state index >= 15 is 0 Å². The maximum Gasteiger partial charge on any atom is 0.339 e. The number of hydrogen-bond donors (Lipinski definition) is 2. The molecule has 2 N–H and O–H groups in total. The minimum absolute atomic E-state index is 0.00500. The van der Waals surface area contributed by atoms with Gasteiger partial charge in [-0.2, -0.15) is 0 Å². The second-order valence-electron chi connectivity index (χ2n) is 5.89. The number of rotatable bonds is 8. The molecule has 0 aliphatic rings. The maximum atomic E-state index is 12.9. The van der Waals surface area contributed by atoms with Crippen molar-refractivity contribution < 1.29 is 36.7 Å². The van der Waals surface area contributed by atoms with Crippen molar-refractivity contribution in [1.82, 2.24) is 4.72 Å². The normalized spacial score (nSPS) is 10.9. The van der Waals surface area contributed by atoms with Gasteiger partial charge >= 0.3 is 11.9 Å². The summed E-state index contributed by atoms with van der Waals surface area (Å²) < 4.78 is 48.7. The molecule has 160 valence electrons. The lowest BCUT2D eigenvalue weighted by molar-refractivity contribution is -0.116. The number of carbonyl (C=O) groups is 3. The van der Waals surface area contributed by atoms with Gasteiger partial charge in [0.2, 0.25) is 15.9 Å². The van der Waals surface area contributed by atoms with Crippen LogP contribution in [0.5, 0.6) is 0 Å². The van der Waals surface area contributed by atoms with Gasteiger partial charge in [0.1, 0.15) is 5.82 Å². The fourth-order valence-electron chi connectivity index (χ4n) is 2.39. The predicted octanol–water partition coefficient (Wildman–Crippen LogP) is 1.71. The summed E-state index contributed by atoms with van der Waals surface area (Å²) in [6.45, 7) is -0.254. The van der Waals surface area contributed by atoms with Gasteiger partial charge in [0.05, 0.1) is 35.9 Å². The third-order valence-corrected chi connectivity index (χ3v) is 5.37. The van der Waals surface area contributed by atoms with Gasteiger partial charge in [-0.1, -0.05) is 0 Å². The molecule has 0 saturated heterocycles. The van der Waals surface area contributed by atoms with Crippen molar-refractivity contribution in [2.24, 2.45) is 0 Å². The molecule has 30 heavy (non-hydrogen) atoms. The Bertz CT molecular complexity index is 1050. The van der Waals surface area contributed by atoms with Gasteiger partial charge in [0, 0.05) is 13.0 Å². The Labute approximate surface area is 172 Å². The van der Waals surface area contributed by atoms with Gasteiger partial charge in [-0.05, 0) is 42.5 Å². The molecule has 0 heterocycles. The highest BCUT2D eigenvalue weighted by atomic mass is 32.2. The van der Waals surface area contributed by atoms with Crippen LogP contribution in [0.2, 0.25) is 0 Å². The standard InChI is InChI=1S/C19H19FN2O7S/c1-28-18(24)12-3-8-15(19(25)29-2)16(11-12)22-17(23)9-10-21-30(26,27)14-6-4-13(20)5-7-14/h3-8,11,21H,9-10H2,1-2H3,(H,22,23). The number of nitrogens with one attached hydrogen (secondary N) is 2. The van der Waals surface area contributed by atoms with Gasteiger partial charge in [-0.25, -0.2) is 27.1 Å². The number of hydrogen-bond acceptors (Lipinski definition) is 7. The van der Waals surface area contributed by atoms with Crippen molar-refractivity contribution in [3.05, 3.63) is 59.4 Å². The van der Waals surface area contributed by atoms with Crippen LogP contribution in [0.3, 0.4) is 0 Å². The molecule has 0 spiro atoms. The third kappa shape index (κ3) is 5.84. The Morgan fingerprint density at radius 2 is 1.60 bits per heavy atom. The molecule has 1 amide bonds. The van der Waals surface area contributed by atoms with Crippen molar-refractivity contribution >= 4 is 33.6 Å². The third-order valence-electron chi connectivity index (χ3n) is 3.89. The first-order valence-corrected chi connectivity index (χ1v) is 10.0. The van der Waals surface area contributed by atoms with E-state index < -0.39 is 33.7 Å². The smallest absolute Gasteiger partial charge is 0.339 e. The van der Waals surface area contributed by atoms with Crippen molar-refractivity contribution in [3.63, 3.8) is 0 Å². The van der Waals surface area contributed by atoms with Crippen molar-refractivity contribution in [3.8, 4) is 0 Å². The summed E-state index contributed by atoms with van der Waals surface area (Å²) in [4.78, 5) is 35.7. The molecule has 2 rings (SSSR count). The fourth-order valence-corrected chi connectivity index (χ4v) is 3.42. The lowest BCUT2D eigenvalue weighted by atomic mass is 10.1. The molecule has 2 aromatic rings.